The highest BCUT2D eigenvalue weighted by molar-refractivity contribution is 6.30. The first kappa shape index (κ1) is 14.5. The number of Topliss-reactive ketones (excluding diaryl/α,β-unsaturated/α-hetero) is 1. The minimum atomic E-state index is -0.388. The maximum atomic E-state index is 11.7. The topological polar surface area (TPSA) is 52.6 Å². The Kier molecular flexibility index (Phi) is 5.65. The van der Waals surface area contributed by atoms with E-state index in [4.69, 9.17) is 16.3 Å². The van der Waals surface area contributed by atoms with E-state index in [9.17, 15) is 9.59 Å². The number of ether oxygens (including phenoxy) is 2. The Morgan fingerprint density at radius 1 is 1.22 bits per heavy atom. The van der Waals surface area contributed by atoms with Gasteiger partial charge in [-0.05, 0) is 18.2 Å². The number of hydrogen-bond donors (Lipinski definition) is 0. The van der Waals surface area contributed by atoms with Gasteiger partial charge in [0, 0.05) is 23.4 Å². The van der Waals surface area contributed by atoms with Gasteiger partial charge in [-0.3, -0.25) is 9.59 Å². The number of esters is 1. The average molecular weight is 271 g/mol. The monoisotopic (exact) mass is 270 g/mol. The minimum absolute atomic E-state index is 0.0547. The number of rotatable bonds is 6. The third kappa shape index (κ3) is 4.37. The SMILES string of the molecule is COC(=O)CCC(=O)Cc1cc(Cl)ccc1OC. The standard InChI is InChI=1S/C13H15ClO4/c1-17-12-5-3-10(14)7-9(12)8-11(15)4-6-13(16)18-2/h3,5,7H,4,6,8H2,1-2H3. The van der Waals surface area contributed by atoms with E-state index in [1.807, 2.05) is 0 Å². The third-order valence-electron chi connectivity index (χ3n) is 2.47. The molecule has 1 rings (SSSR count). The molecule has 4 nitrogen and oxygen atoms in total. The summed E-state index contributed by atoms with van der Waals surface area (Å²) in [6, 6.07) is 5.10. The van der Waals surface area contributed by atoms with Gasteiger partial charge >= 0.3 is 5.97 Å². The first-order valence-corrected chi connectivity index (χ1v) is 5.85. The maximum Gasteiger partial charge on any atom is 0.305 e. The smallest absolute Gasteiger partial charge is 0.305 e. The highest BCUT2D eigenvalue weighted by Gasteiger charge is 2.11. The maximum absolute atomic E-state index is 11.7. The van der Waals surface area contributed by atoms with Crippen LogP contribution in [0, 0.1) is 0 Å². The molecule has 1 aromatic rings. The highest BCUT2D eigenvalue weighted by Crippen LogP contribution is 2.23. The van der Waals surface area contributed by atoms with Crippen LogP contribution < -0.4 is 4.74 Å². The van der Waals surface area contributed by atoms with Crippen molar-refractivity contribution in [3.8, 4) is 5.75 Å². The number of benzene rings is 1. The van der Waals surface area contributed by atoms with Crippen molar-refractivity contribution >= 4 is 23.4 Å². The molecular formula is C13H15ClO4. The molecule has 0 aromatic heterocycles. The van der Waals surface area contributed by atoms with Gasteiger partial charge in [0.15, 0.2) is 0 Å². The molecule has 0 heterocycles. The summed E-state index contributed by atoms with van der Waals surface area (Å²) in [5, 5.41) is 0.548. The molecule has 18 heavy (non-hydrogen) atoms. The van der Waals surface area contributed by atoms with E-state index in [-0.39, 0.29) is 31.0 Å². The van der Waals surface area contributed by atoms with Crippen molar-refractivity contribution in [2.75, 3.05) is 14.2 Å². The molecule has 0 atom stereocenters. The lowest BCUT2D eigenvalue weighted by Crippen LogP contribution is -2.08. The Bertz CT molecular complexity index is 443. The van der Waals surface area contributed by atoms with Gasteiger partial charge in [0.25, 0.3) is 0 Å². The Balaban J connectivity index is 2.63. The van der Waals surface area contributed by atoms with E-state index < -0.39 is 0 Å². The van der Waals surface area contributed by atoms with Crippen LogP contribution in [0.5, 0.6) is 5.75 Å². The molecular weight excluding hydrogens is 256 g/mol. The zero-order chi connectivity index (χ0) is 13.5. The van der Waals surface area contributed by atoms with Gasteiger partial charge in [-0.2, -0.15) is 0 Å². The van der Waals surface area contributed by atoms with Crippen molar-refractivity contribution in [2.45, 2.75) is 19.3 Å². The summed E-state index contributed by atoms with van der Waals surface area (Å²) >= 11 is 5.87. The van der Waals surface area contributed by atoms with Gasteiger partial charge < -0.3 is 9.47 Å². The van der Waals surface area contributed by atoms with Crippen molar-refractivity contribution < 1.29 is 19.1 Å². The molecule has 0 fully saturated rings. The molecule has 0 saturated heterocycles. The van der Waals surface area contributed by atoms with E-state index in [1.165, 1.54) is 14.2 Å². The number of methoxy groups -OCH3 is 2. The second-order valence-electron chi connectivity index (χ2n) is 3.75. The predicted octanol–water partition coefficient (Wildman–Crippen LogP) is 2.41. The molecule has 0 saturated carbocycles. The molecule has 0 spiro atoms. The van der Waals surface area contributed by atoms with Crippen LogP contribution >= 0.6 is 11.6 Å². The molecule has 0 N–H and O–H groups in total. The van der Waals surface area contributed by atoms with Crippen LogP contribution in [0.25, 0.3) is 0 Å². The Morgan fingerprint density at radius 3 is 2.56 bits per heavy atom. The van der Waals surface area contributed by atoms with Gasteiger partial charge in [0.1, 0.15) is 11.5 Å². The van der Waals surface area contributed by atoms with Gasteiger partial charge in [-0.1, -0.05) is 11.6 Å². The van der Waals surface area contributed by atoms with Crippen LogP contribution in [0.3, 0.4) is 0 Å². The number of carbonyl (C=O) groups excluding carboxylic acids is 2. The quantitative estimate of drug-likeness (QED) is 0.745. The summed E-state index contributed by atoms with van der Waals surface area (Å²) in [5.74, 6) is 0.174. The van der Waals surface area contributed by atoms with Crippen molar-refractivity contribution in [1.29, 1.82) is 0 Å². The molecule has 0 radical (unpaired) electrons. The molecule has 98 valence electrons. The number of carbonyl (C=O) groups is 2. The van der Waals surface area contributed by atoms with E-state index >= 15 is 0 Å². The van der Waals surface area contributed by atoms with E-state index in [0.717, 1.165) is 5.56 Å². The molecule has 1 aromatic carbocycles. The second-order valence-corrected chi connectivity index (χ2v) is 4.18. The number of halogens is 1. The van der Waals surface area contributed by atoms with E-state index in [0.29, 0.717) is 10.8 Å². The first-order valence-electron chi connectivity index (χ1n) is 5.47. The lowest BCUT2D eigenvalue weighted by Gasteiger charge is -2.08. The molecule has 0 aliphatic heterocycles. The van der Waals surface area contributed by atoms with E-state index in [1.54, 1.807) is 18.2 Å². The average Bonchev–Trinajstić information content (AvgIpc) is 2.36. The molecule has 0 bridgehead atoms. The third-order valence-corrected chi connectivity index (χ3v) is 2.70. The van der Waals surface area contributed by atoms with Crippen molar-refractivity contribution in [3.05, 3.63) is 28.8 Å². The lowest BCUT2D eigenvalue weighted by atomic mass is 10.0. The van der Waals surface area contributed by atoms with Gasteiger partial charge in [0.05, 0.1) is 20.6 Å². The summed E-state index contributed by atoms with van der Waals surface area (Å²) in [5.41, 5.74) is 0.722. The largest absolute Gasteiger partial charge is 0.496 e. The van der Waals surface area contributed by atoms with Gasteiger partial charge in [-0.15, -0.1) is 0 Å². The summed E-state index contributed by atoms with van der Waals surface area (Å²) in [6.45, 7) is 0. The van der Waals surface area contributed by atoms with Crippen LogP contribution in [0.2, 0.25) is 5.02 Å². The Labute approximate surface area is 111 Å². The Morgan fingerprint density at radius 2 is 1.94 bits per heavy atom. The fraction of sp³-hybridized carbons (Fsp3) is 0.385. The summed E-state index contributed by atoms with van der Waals surface area (Å²) in [4.78, 5) is 22.6. The predicted molar refractivity (Wildman–Crippen MR) is 68.0 cm³/mol. The Hall–Kier alpha value is -1.55. The molecule has 0 amide bonds. The number of hydrogen-bond acceptors (Lipinski definition) is 4. The van der Waals surface area contributed by atoms with Crippen LogP contribution in [0.15, 0.2) is 18.2 Å². The highest BCUT2D eigenvalue weighted by atomic mass is 35.5. The van der Waals surface area contributed by atoms with Crippen molar-refractivity contribution in [3.63, 3.8) is 0 Å². The molecule has 0 unspecified atom stereocenters. The second kappa shape index (κ2) is 7.01. The van der Waals surface area contributed by atoms with E-state index in [2.05, 4.69) is 4.74 Å². The van der Waals surface area contributed by atoms with Gasteiger partial charge in [0.2, 0.25) is 0 Å². The fourth-order valence-electron chi connectivity index (χ4n) is 1.53. The normalized spacial score (nSPS) is 9.94. The molecule has 0 aliphatic carbocycles. The van der Waals surface area contributed by atoms with Gasteiger partial charge in [-0.25, -0.2) is 0 Å². The molecule has 5 heteroatoms. The fourth-order valence-corrected chi connectivity index (χ4v) is 1.72. The first-order chi connectivity index (χ1) is 8.56. The van der Waals surface area contributed by atoms with Crippen LogP contribution in [-0.4, -0.2) is 26.0 Å². The lowest BCUT2D eigenvalue weighted by molar-refractivity contribution is -0.141. The minimum Gasteiger partial charge on any atom is -0.496 e. The van der Waals surface area contributed by atoms with Crippen LogP contribution in [-0.2, 0) is 20.7 Å². The summed E-state index contributed by atoms with van der Waals surface area (Å²) in [7, 11) is 2.83. The summed E-state index contributed by atoms with van der Waals surface area (Å²) in [6.07, 6.45) is 0.446. The van der Waals surface area contributed by atoms with Crippen molar-refractivity contribution in [2.24, 2.45) is 0 Å². The zero-order valence-electron chi connectivity index (χ0n) is 10.4. The number of ketones is 1. The van der Waals surface area contributed by atoms with Crippen LogP contribution in [0.4, 0.5) is 0 Å². The van der Waals surface area contributed by atoms with Crippen LogP contribution in [0.1, 0.15) is 18.4 Å². The molecule has 0 aliphatic rings. The zero-order valence-corrected chi connectivity index (χ0v) is 11.1. The van der Waals surface area contributed by atoms with Crippen molar-refractivity contribution in [1.82, 2.24) is 0 Å². The summed E-state index contributed by atoms with van der Waals surface area (Å²) < 4.78 is 9.62.